The van der Waals surface area contributed by atoms with Gasteiger partial charge in [-0.2, -0.15) is 0 Å². The highest BCUT2D eigenvalue weighted by Gasteiger charge is 2.28. The Morgan fingerprint density at radius 1 is 1.25 bits per heavy atom. The average molecular weight is 289 g/mol. The van der Waals surface area contributed by atoms with Crippen molar-refractivity contribution in [1.29, 1.82) is 0 Å². The van der Waals surface area contributed by atoms with E-state index >= 15 is 0 Å². The van der Waals surface area contributed by atoms with Gasteiger partial charge in [0.1, 0.15) is 11.5 Å². The van der Waals surface area contributed by atoms with E-state index in [-0.39, 0.29) is 6.04 Å². The SMILES string of the molecule is Cc1ccc(C(C)NC(c2cccs2)C2CCCC2)o1. The lowest BCUT2D eigenvalue weighted by Gasteiger charge is -2.26. The van der Waals surface area contributed by atoms with Crippen LogP contribution in [0, 0.1) is 12.8 Å². The number of hydrogen-bond acceptors (Lipinski definition) is 3. The van der Waals surface area contributed by atoms with Gasteiger partial charge in [-0.05, 0) is 56.2 Å². The molecule has 1 N–H and O–H groups in total. The standard InChI is InChI=1S/C17H23NOS/c1-12-9-10-15(19-12)13(2)18-17(14-6-3-4-7-14)16-8-5-11-20-16/h5,8-11,13-14,17-18H,3-4,6-7H2,1-2H3. The third kappa shape index (κ3) is 2.99. The minimum absolute atomic E-state index is 0.261. The van der Waals surface area contributed by atoms with Gasteiger partial charge in [0.05, 0.1) is 6.04 Å². The molecule has 3 rings (SSSR count). The van der Waals surface area contributed by atoms with Crippen LogP contribution in [0.5, 0.6) is 0 Å². The molecule has 0 aromatic carbocycles. The molecule has 2 aromatic rings. The summed E-state index contributed by atoms with van der Waals surface area (Å²) in [5.41, 5.74) is 0. The summed E-state index contributed by atoms with van der Waals surface area (Å²) >= 11 is 1.87. The fourth-order valence-corrected chi connectivity index (χ4v) is 4.13. The molecule has 2 aromatic heterocycles. The smallest absolute Gasteiger partial charge is 0.120 e. The lowest BCUT2D eigenvalue weighted by Crippen LogP contribution is -2.28. The lowest BCUT2D eigenvalue weighted by atomic mass is 9.95. The minimum Gasteiger partial charge on any atom is -0.465 e. The summed E-state index contributed by atoms with van der Waals surface area (Å²) in [6, 6.07) is 9.29. The highest BCUT2D eigenvalue weighted by Crippen LogP contribution is 2.38. The van der Waals surface area contributed by atoms with E-state index in [1.807, 2.05) is 24.3 Å². The maximum atomic E-state index is 5.77. The Morgan fingerprint density at radius 3 is 2.65 bits per heavy atom. The van der Waals surface area contributed by atoms with Gasteiger partial charge in [0.2, 0.25) is 0 Å². The van der Waals surface area contributed by atoms with Crippen LogP contribution in [-0.4, -0.2) is 0 Å². The summed E-state index contributed by atoms with van der Waals surface area (Å²) in [6.07, 6.45) is 5.45. The Labute approximate surface area is 125 Å². The van der Waals surface area contributed by atoms with E-state index in [9.17, 15) is 0 Å². The highest BCUT2D eigenvalue weighted by atomic mass is 32.1. The molecule has 1 aliphatic rings. The van der Waals surface area contributed by atoms with Crippen molar-refractivity contribution in [2.75, 3.05) is 0 Å². The van der Waals surface area contributed by atoms with Gasteiger partial charge in [-0.25, -0.2) is 0 Å². The number of nitrogens with one attached hydrogen (secondary N) is 1. The molecule has 20 heavy (non-hydrogen) atoms. The van der Waals surface area contributed by atoms with Gasteiger partial charge in [0.15, 0.2) is 0 Å². The van der Waals surface area contributed by atoms with E-state index in [4.69, 9.17) is 4.42 Å². The molecule has 2 unspecified atom stereocenters. The van der Waals surface area contributed by atoms with Crippen LogP contribution in [0.25, 0.3) is 0 Å². The summed E-state index contributed by atoms with van der Waals surface area (Å²) < 4.78 is 5.77. The molecule has 1 fully saturated rings. The fraction of sp³-hybridized carbons (Fsp3) is 0.529. The van der Waals surface area contributed by atoms with Crippen molar-refractivity contribution in [1.82, 2.24) is 5.32 Å². The molecule has 0 bridgehead atoms. The Balaban J connectivity index is 1.76. The summed E-state index contributed by atoms with van der Waals surface area (Å²) in [7, 11) is 0. The first-order valence-electron chi connectivity index (χ1n) is 7.60. The van der Waals surface area contributed by atoms with E-state index in [0.717, 1.165) is 17.4 Å². The summed E-state index contributed by atoms with van der Waals surface area (Å²) in [5.74, 6) is 2.80. The van der Waals surface area contributed by atoms with Crippen LogP contribution >= 0.6 is 11.3 Å². The summed E-state index contributed by atoms with van der Waals surface area (Å²) in [4.78, 5) is 1.46. The number of thiophene rings is 1. The molecule has 2 nitrogen and oxygen atoms in total. The predicted molar refractivity (Wildman–Crippen MR) is 84.0 cm³/mol. The van der Waals surface area contributed by atoms with Gasteiger partial charge in [0, 0.05) is 10.9 Å². The average Bonchev–Trinajstić information content (AvgIpc) is 3.17. The zero-order chi connectivity index (χ0) is 13.9. The maximum Gasteiger partial charge on any atom is 0.120 e. The molecular weight excluding hydrogens is 266 g/mol. The molecule has 1 aliphatic carbocycles. The van der Waals surface area contributed by atoms with E-state index in [1.165, 1.54) is 30.6 Å². The van der Waals surface area contributed by atoms with Crippen molar-refractivity contribution >= 4 is 11.3 Å². The van der Waals surface area contributed by atoms with Crippen molar-refractivity contribution in [3.05, 3.63) is 46.0 Å². The van der Waals surface area contributed by atoms with Gasteiger partial charge in [-0.1, -0.05) is 18.9 Å². The van der Waals surface area contributed by atoms with Crippen LogP contribution in [0.2, 0.25) is 0 Å². The van der Waals surface area contributed by atoms with Gasteiger partial charge in [-0.3, -0.25) is 5.32 Å². The molecule has 1 saturated carbocycles. The van der Waals surface area contributed by atoms with Crippen LogP contribution in [0.3, 0.4) is 0 Å². The van der Waals surface area contributed by atoms with Crippen LogP contribution in [-0.2, 0) is 0 Å². The zero-order valence-corrected chi connectivity index (χ0v) is 13.1. The number of rotatable bonds is 5. The molecule has 0 radical (unpaired) electrons. The van der Waals surface area contributed by atoms with Crippen LogP contribution in [0.15, 0.2) is 34.1 Å². The predicted octanol–water partition coefficient (Wildman–Crippen LogP) is 5.23. The first kappa shape index (κ1) is 13.9. The van der Waals surface area contributed by atoms with Gasteiger partial charge in [-0.15, -0.1) is 11.3 Å². The molecule has 3 heteroatoms. The largest absolute Gasteiger partial charge is 0.465 e. The summed E-state index contributed by atoms with van der Waals surface area (Å²) in [6.45, 7) is 4.21. The van der Waals surface area contributed by atoms with Crippen LogP contribution in [0.1, 0.15) is 61.1 Å². The van der Waals surface area contributed by atoms with Crippen molar-refractivity contribution in [3.8, 4) is 0 Å². The second-order valence-electron chi connectivity index (χ2n) is 5.87. The van der Waals surface area contributed by atoms with Crippen LogP contribution in [0.4, 0.5) is 0 Å². The molecule has 0 aliphatic heterocycles. The number of aryl methyl sites for hydroxylation is 1. The fourth-order valence-electron chi connectivity index (χ4n) is 3.25. The third-order valence-electron chi connectivity index (χ3n) is 4.34. The van der Waals surface area contributed by atoms with Gasteiger partial charge >= 0.3 is 0 Å². The Kier molecular flexibility index (Phi) is 4.27. The second kappa shape index (κ2) is 6.15. The van der Waals surface area contributed by atoms with Gasteiger partial charge < -0.3 is 4.42 Å². The Bertz CT molecular complexity index is 525. The zero-order valence-electron chi connectivity index (χ0n) is 12.3. The lowest BCUT2D eigenvalue weighted by molar-refractivity contribution is 0.316. The third-order valence-corrected chi connectivity index (χ3v) is 5.29. The normalized spacial score (nSPS) is 19.3. The van der Waals surface area contributed by atoms with Crippen LogP contribution < -0.4 is 5.32 Å². The number of furan rings is 1. The molecule has 0 saturated heterocycles. The first-order valence-corrected chi connectivity index (χ1v) is 8.48. The van der Waals surface area contributed by atoms with E-state index in [1.54, 1.807) is 0 Å². The van der Waals surface area contributed by atoms with E-state index in [2.05, 4.69) is 35.8 Å². The van der Waals surface area contributed by atoms with Crippen molar-refractivity contribution in [2.45, 2.75) is 51.6 Å². The first-order chi connectivity index (χ1) is 9.74. The topological polar surface area (TPSA) is 25.2 Å². The molecule has 108 valence electrons. The van der Waals surface area contributed by atoms with Crippen molar-refractivity contribution in [3.63, 3.8) is 0 Å². The van der Waals surface area contributed by atoms with Gasteiger partial charge in [0.25, 0.3) is 0 Å². The Morgan fingerprint density at radius 2 is 2.05 bits per heavy atom. The quantitative estimate of drug-likeness (QED) is 0.815. The molecular formula is C17H23NOS. The maximum absolute atomic E-state index is 5.77. The molecule has 2 atom stereocenters. The second-order valence-corrected chi connectivity index (χ2v) is 6.85. The highest BCUT2D eigenvalue weighted by molar-refractivity contribution is 7.10. The molecule has 0 amide bonds. The Hall–Kier alpha value is -1.06. The van der Waals surface area contributed by atoms with E-state index in [0.29, 0.717) is 6.04 Å². The molecule has 0 spiro atoms. The van der Waals surface area contributed by atoms with Crippen molar-refractivity contribution in [2.24, 2.45) is 5.92 Å². The monoisotopic (exact) mass is 289 g/mol. The van der Waals surface area contributed by atoms with E-state index < -0.39 is 0 Å². The van der Waals surface area contributed by atoms with Crippen molar-refractivity contribution < 1.29 is 4.42 Å². The summed E-state index contributed by atoms with van der Waals surface area (Å²) in [5, 5.41) is 5.99. The molecule has 2 heterocycles. The number of hydrogen-bond donors (Lipinski definition) is 1. The minimum atomic E-state index is 0.261.